The molecule has 5 nitrogen and oxygen atoms in total. The van der Waals surface area contributed by atoms with Crippen LogP contribution in [-0.2, 0) is 10.0 Å². The molecule has 0 spiro atoms. The van der Waals surface area contributed by atoms with Crippen LogP contribution in [0.15, 0.2) is 46.7 Å². The number of hydrogen-bond donors (Lipinski definition) is 0. The average molecular weight is 364 g/mol. The summed E-state index contributed by atoms with van der Waals surface area (Å²) in [7, 11) is -3.46. The van der Waals surface area contributed by atoms with Crippen molar-refractivity contribution in [2.24, 2.45) is 0 Å². The van der Waals surface area contributed by atoms with E-state index in [1.54, 1.807) is 23.1 Å². The Labute approximate surface area is 146 Å². The van der Waals surface area contributed by atoms with Crippen molar-refractivity contribution in [2.75, 3.05) is 26.2 Å². The van der Waals surface area contributed by atoms with Crippen molar-refractivity contribution >= 4 is 27.3 Å². The number of amides is 1. The van der Waals surface area contributed by atoms with E-state index in [0.717, 1.165) is 4.88 Å². The highest BCUT2D eigenvalue weighted by atomic mass is 32.2. The van der Waals surface area contributed by atoms with Crippen LogP contribution >= 0.6 is 11.3 Å². The number of rotatable bonds is 3. The summed E-state index contributed by atoms with van der Waals surface area (Å²) >= 11 is 1.29. The van der Waals surface area contributed by atoms with E-state index in [0.29, 0.717) is 42.4 Å². The monoisotopic (exact) mass is 364 g/mol. The molecule has 0 radical (unpaired) electrons. The quantitative estimate of drug-likeness (QED) is 0.841. The first-order valence-electron chi connectivity index (χ1n) is 7.89. The van der Waals surface area contributed by atoms with E-state index in [2.05, 4.69) is 0 Å². The molecule has 24 heavy (non-hydrogen) atoms. The topological polar surface area (TPSA) is 57.7 Å². The van der Waals surface area contributed by atoms with Gasteiger partial charge in [0.2, 0.25) is 0 Å². The molecule has 1 saturated heterocycles. The summed E-state index contributed by atoms with van der Waals surface area (Å²) in [5.74, 6) is -0.0400. The van der Waals surface area contributed by atoms with Crippen molar-refractivity contribution in [3.63, 3.8) is 0 Å². The first-order valence-corrected chi connectivity index (χ1v) is 10.1. The zero-order chi connectivity index (χ0) is 17.2. The Hall–Kier alpha value is -1.70. The number of carbonyl (C=O) groups is 1. The summed E-state index contributed by atoms with van der Waals surface area (Å²) in [5.41, 5.74) is 0.641. The van der Waals surface area contributed by atoms with E-state index in [-0.39, 0.29) is 5.91 Å². The van der Waals surface area contributed by atoms with Crippen molar-refractivity contribution in [2.45, 2.75) is 17.6 Å². The van der Waals surface area contributed by atoms with Gasteiger partial charge in [-0.15, -0.1) is 11.3 Å². The van der Waals surface area contributed by atoms with Gasteiger partial charge >= 0.3 is 0 Å². The highest BCUT2D eigenvalue weighted by Gasteiger charge is 2.29. The molecule has 128 valence electrons. The second-order valence-corrected chi connectivity index (χ2v) is 9.23. The lowest BCUT2D eigenvalue weighted by Gasteiger charge is -2.21. The van der Waals surface area contributed by atoms with Crippen molar-refractivity contribution in [1.29, 1.82) is 0 Å². The van der Waals surface area contributed by atoms with Crippen LogP contribution in [0.3, 0.4) is 0 Å². The van der Waals surface area contributed by atoms with E-state index >= 15 is 0 Å². The van der Waals surface area contributed by atoms with Gasteiger partial charge < -0.3 is 4.90 Å². The first kappa shape index (κ1) is 17.1. The van der Waals surface area contributed by atoms with Crippen LogP contribution < -0.4 is 0 Å². The van der Waals surface area contributed by atoms with Gasteiger partial charge in [0.15, 0.2) is 0 Å². The minimum Gasteiger partial charge on any atom is -0.337 e. The smallest absolute Gasteiger partial charge is 0.253 e. The van der Waals surface area contributed by atoms with E-state index in [1.807, 2.05) is 31.2 Å². The maximum Gasteiger partial charge on any atom is 0.253 e. The number of thiophene rings is 1. The minimum absolute atomic E-state index is 0.0400. The zero-order valence-electron chi connectivity index (χ0n) is 13.5. The lowest BCUT2D eigenvalue weighted by Crippen LogP contribution is -2.37. The van der Waals surface area contributed by atoms with Crippen LogP contribution in [0, 0.1) is 6.92 Å². The van der Waals surface area contributed by atoms with Crippen molar-refractivity contribution in [1.82, 2.24) is 9.21 Å². The highest BCUT2D eigenvalue weighted by Crippen LogP contribution is 2.25. The van der Waals surface area contributed by atoms with Gasteiger partial charge in [-0.2, -0.15) is 4.31 Å². The molecule has 2 heterocycles. The molecule has 3 rings (SSSR count). The third-order valence-corrected chi connectivity index (χ3v) is 7.44. The van der Waals surface area contributed by atoms with Gasteiger partial charge in [-0.25, -0.2) is 8.42 Å². The normalized spacial score (nSPS) is 16.8. The Morgan fingerprint density at radius 3 is 2.42 bits per heavy atom. The third-order valence-electron chi connectivity index (χ3n) is 4.07. The summed E-state index contributed by atoms with van der Waals surface area (Å²) in [5, 5.41) is 0. The molecular formula is C17H20N2O3S2. The fraction of sp³-hybridized carbons (Fsp3) is 0.353. The molecule has 0 aliphatic carbocycles. The largest absolute Gasteiger partial charge is 0.337 e. The predicted octanol–water partition coefficient (Wildman–Crippen LogP) is 2.59. The highest BCUT2D eigenvalue weighted by molar-refractivity contribution is 7.91. The molecule has 2 aromatic rings. The lowest BCUT2D eigenvalue weighted by atomic mass is 10.2. The van der Waals surface area contributed by atoms with Gasteiger partial charge in [0, 0.05) is 36.6 Å². The third kappa shape index (κ3) is 3.53. The van der Waals surface area contributed by atoms with Gasteiger partial charge in [-0.3, -0.25) is 4.79 Å². The maximum absolute atomic E-state index is 12.7. The van der Waals surface area contributed by atoms with Gasteiger partial charge in [0.25, 0.3) is 15.9 Å². The number of sulfonamides is 1. The van der Waals surface area contributed by atoms with Crippen LogP contribution in [0.25, 0.3) is 0 Å². The van der Waals surface area contributed by atoms with Crippen molar-refractivity contribution in [3.8, 4) is 0 Å². The number of hydrogen-bond acceptors (Lipinski definition) is 4. The maximum atomic E-state index is 12.7. The predicted molar refractivity (Wildman–Crippen MR) is 94.8 cm³/mol. The SMILES string of the molecule is Cc1ccc(S(=O)(=O)N2CCCN(C(=O)c3ccccc3)CC2)s1. The molecule has 1 aliphatic heterocycles. The molecule has 1 aliphatic rings. The van der Waals surface area contributed by atoms with Crippen molar-refractivity contribution < 1.29 is 13.2 Å². The number of benzene rings is 1. The number of nitrogens with zero attached hydrogens (tertiary/aromatic N) is 2. The van der Waals surface area contributed by atoms with Gasteiger partial charge in [0.1, 0.15) is 4.21 Å². The van der Waals surface area contributed by atoms with E-state index in [9.17, 15) is 13.2 Å². The standard InChI is InChI=1S/C17H20N2O3S2/c1-14-8-9-16(23-14)24(21,22)19-11-5-10-18(12-13-19)17(20)15-6-3-2-4-7-15/h2-4,6-9H,5,10-13H2,1H3. The minimum atomic E-state index is -3.46. The van der Waals surface area contributed by atoms with Gasteiger partial charge in [-0.1, -0.05) is 18.2 Å². The van der Waals surface area contributed by atoms with E-state index in [4.69, 9.17) is 0 Å². The molecule has 0 saturated carbocycles. The summed E-state index contributed by atoms with van der Waals surface area (Å²) < 4.78 is 27.3. The molecule has 0 N–H and O–H groups in total. The molecule has 1 fully saturated rings. The summed E-state index contributed by atoms with van der Waals surface area (Å²) in [6, 6.07) is 12.6. The van der Waals surface area contributed by atoms with Crippen LogP contribution in [0.5, 0.6) is 0 Å². The molecule has 1 aromatic heterocycles. The zero-order valence-corrected chi connectivity index (χ0v) is 15.1. The molecule has 0 unspecified atom stereocenters. The van der Waals surface area contributed by atoms with Crippen LogP contribution in [0.2, 0.25) is 0 Å². The summed E-state index contributed by atoms with van der Waals surface area (Å²) in [4.78, 5) is 15.3. The summed E-state index contributed by atoms with van der Waals surface area (Å²) in [6.45, 7) is 3.66. The molecule has 1 aromatic carbocycles. The molecule has 7 heteroatoms. The molecule has 0 atom stereocenters. The summed E-state index contributed by atoms with van der Waals surface area (Å²) in [6.07, 6.45) is 0.641. The van der Waals surface area contributed by atoms with Crippen LogP contribution in [0.1, 0.15) is 21.7 Å². The molecule has 1 amide bonds. The molecular weight excluding hydrogens is 344 g/mol. The van der Waals surface area contributed by atoms with Crippen molar-refractivity contribution in [3.05, 3.63) is 52.9 Å². The van der Waals surface area contributed by atoms with E-state index in [1.165, 1.54) is 15.6 Å². The number of carbonyl (C=O) groups excluding carboxylic acids is 1. The fourth-order valence-corrected chi connectivity index (χ4v) is 5.69. The molecule has 0 bridgehead atoms. The second-order valence-electron chi connectivity index (χ2n) is 5.78. The Kier molecular flexibility index (Phi) is 5.03. The first-order chi connectivity index (χ1) is 11.5. The second kappa shape index (κ2) is 7.04. The Balaban J connectivity index is 1.72. The Bertz CT molecular complexity index is 815. The average Bonchev–Trinajstić information content (AvgIpc) is 2.88. The van der Waals surface area contributed by atoms with Crippen LogP contribution in [0.4, 0.5) is 0 Å². The van der Waals surface area contributed by atoms with Crippen LogP contribution in [-0.4, -0.2) is 49.7 Å². The number of aryl methyl sites for hydroxylation is 1. The van der Waals surface area contributed by atoms with Gasteiger partial charge in [0.05, 0.1) is 0 Å². The Morgan fingerprint density at radius 2 is 1.75 bits per heavy atom. The Morgan fingerprint density at radius 1 is 1.00 bits per heavy atom. The fourth-order valence-electron chi connectivity index (χ4n) is 2.78. The lowest BCUT2D eigenvalue weighted by molar-refractivity contribution is 0.0764. The van der Waals surface area contributed by atoms with Gasteiger partial charge in [-0.05, 0) is 37.6 Å². The van der Waals surface area contributed by atoms with E-state index < -0.39 is 10.0 Å².